The Morgan fingerprint density at radius 1 is 1.27 bits per heavy atom. The molecule has 1 fully saturated rings. The Morgan fingerprint density at radius 3 is 2.55 bits per heavy atom. The predicted molar refractivity (Wildman–Crippen MR) is 86.3 cm³/mol. The maximum atomic E-state index is 12.4. The van der Waals surface area contributed by atoms with E-state index in [4.69, 9.17) is 0 Å². The summed E-state index contributed by atoms with van der Waals surface area (Å²) in [6.45, 7) is 8.39. The standard InChI is InChI=1S/C14H27N5O2S/c1-4-19-13-14(12-15-19)22(20,21)17(3)6-5-7-18-10-8-16(2)9-11-18/h12-13H,4-11H2,1-3H3. The Labute approximate surface area is 133 Å². The van der Waals surface area contributed by atoms with Crippen LogP contribution in [0.2, 0.25) is 0 Å². The van der Waals surface area contributed by atoms with Crippen molar-refractivity contribution in [2.75, 3.05) is 53.4 Å². The van der Waals surface area contributed by atoms with Crippen molar-refractivity contribution in [1.82, 2.24) is 23.9 Å². The fourth-order valence-corrected chi connectivity index (χ4v) is 3.70. The summed E-state index contributed by atoms with van der Waals surface area (Å²) in [7, 11) is 0.358. The largest absolute Gasteiger partial charge is 0.304 e. The number of hydrogen-bond donors (Lipinski definition) is 0. The Morgan fingerprint density at radius 2 is 1.95 bits per heavy atom. The van der Waals surface area contributed by atoms with Crippen LogP contribution in [0, 0.1) is 0 Å². The fraction of sp³-hybridized carbons (Fsp3) is 0.786. The van der Waals surface area contributed by atoms with Crippen LogP contribution in [0.4, 0.5) is 0 Å². The zero-order valence-electron chi connectivity index (χ0n) is 13.8. The second kappa shape index (κ2) is 7.54. The molecule has 1 aliphatic rings. The van der Waals surface area contributed by atoms with E-state index in [1.807, 2.05) is 6.92 Å². The molecule has 0 aliphatic carbocycles. The van der Waals surface area contributed by atoms with Crippen molar-refractivity contribution in [3.8, 4) is 0 Å². The third-order valence-electron chi connectivity index (χ3n) is 4.18. The topological polar surface area (TPSA) is 61.7 Å². The molecular weight excluding hydrogens is 302 g/mol. The highest BCUT2D eigenvalue weighted by molar-refractivity contribution is 7.89. The molecule has 2 heterocycles. The molecule has 1 aromatic heterocycles. The monoisotopic (exact) mass is 329 g/mol. The van der Waals surface area contributed by atoms with Gasteiger partial charge in [-0.15, -0.1) is 0 Å². The zero-order valence-corrected chi connectivity index (χ0v) is 14.6. The van der Waals surface area contributed by atoms with Gasteiger partial charge in [-0.2, -0.15) is 5.10 Å². The molecule has 126 valence electrons. The van der Waals surface area contributed by atoms with Gasteiger partial charge in [-0.25, -0.2) is 12.7 Å². The van der Waals surface area contributed by atoms with Crippen molar-refractivity contribution < 1.29 is 8.42 Å². The van der Waals surface area contributed by atoms with E-state index in [2.05, 4.69) is 21.9 Å². The van der Waals surface area contributed by atoms with Gasteiger partial charge >= 0.3 is 0 Å². The van der Waals surface area contributed by atoms with E-state index < -0.39 is 10.0 Å². The van der Waals surface area contributed by atoms with Gasteiger partial charge in [0.15, 0.2) is 0 Å². The first-order chi connectivity index (χ1) is 10.4. The van der Waals surface area contributed by atoms with E-state index in [9.17, 15) is 8.42 Å². The van der Waals surface area contributed by atoms with Crippen LogP contribution in [0.1, 0.15) is 13.3 Å². The number of rotatable bonds is 7. The van der Waals surface area contributed by atoms with Gasteiger partial charge < -0.3 is 9.80 Å². The summed E-state index contributed by atoms with van der Waals surface area (Å²) < 4.78 is 27.9. The van der Waals surface area contributed by atoms with Crippen LogP contribution in [-0.2, 0) is 16.6 Å². The summed E-state index contributed by atoms with van der Waals surface area (Å²) in [5.41, 5.74) is 0. The van der Waals surface area contributed by atoms with E-state index >= 15 is 0 Å². The lowest BCUT2D eigenvalue weighted by Crippen LogP contribution is -2.45. The average molecular weight is 329 g/mol. The van der Waals surface area contributed by atoms with Gasteiger partial charge in [0.05, 0.1) is 6.20 Å². The fourth-order valence-electron chi connectivity index (χ4n) is 2.54. The predicted octanol–water partition coefficient (Wildman–Crippen LogP) is 0.161. The van der Waals surface area contributed by atoms with E-state index in [1.165, 1.54) is 10.5 Å². The first kappa shape index (κ1) is 17.4. The molecule has 7 nitrogen and oxygen atoms in total. The SMILES string of the molecule is CCn1cc(S(=O)(=O)N(C)CCCN2CCN(C)CC2)cn1. The van der Waals surface area contributed by atoms with Gasteiger partial charge in [-0.1, -0.05) is 0 Å². The molecule has 8 heteroatoms. The molecule has 0 amide bonds. The maximum Gasteiger partial charge on any atom is 0.245 e. The molecule has 0 aromatic carbocycles. The molecule has 22 heavy (non-hydrogen) atoms. The number of sulfonamides is 1. The molecule has 0 radical (unpaired) electrons. The average Bonchev–Trinajstić information content (AvgIpc) is 2.99. The van der Waals surface area contributed by atoms with Gasteiger partial charge in [-0.3, -0.25) is 4.68 Å². The third kappa shape index (κ3) is 4.28. The first-order valence-corrected chi connectivity index (χ1v) is 9.27. The van der Waals surface area contributed by atoms with Gasteiger partial charge in [0.1, 0.15) is 4.90 Å². The van der Waals surface area contributed by atoms with Crippen molar-refractivity contribution in [1.29, 1.82) is 0 Å². The minimum Gasteiger partial charge on any atom is -0.304 e. The number of piperazine rings is 1. The Bertz CT molecular complexity index is 564. The summed E-state index contributed by atoms with van der Waals surface area (Å²) in [5, 5.41) is 4.04. The van der Waals surface area contributed by atoms with E-state index in [1.54, 1.807) is 17.9 Å². The lowest BCUT2D eigenvalue weighted by molar-refractivity contribution is 0.151. The lowest BCUT2D eigenvalue weighted by Gasteiger charge is -2.32. The molecule has 1 aliphatic heterocycles. The van der Waals surface area contributed by atoms with Crippen LogP contribution in [0.5, 0.6) is 0 Å². The molecule has 2 rings (SSSR count). The van der Waals surface area contributed by atoms with Crippen LogP contribution in [0.3, 0.4) is 0 Å². The second-order valence-electron chi connectivity index (χ2n) is 5.86. The Balaban J connectivity index is 1.82. The maximum absolute atomic E-state index is 12.4. The van der Waals surface area contributed by atoms with Crippen LogP contribution in [-0.4, -0.2) is 85.7 Å². The van der Waals surface area contributed by atoms with Gasteiger partial charge in [0, 0.05) is 52.5 Å². The number of aromatic nitrogens is 2. The highest BCUT2D eigenvalue weighted by Crippen LogP contribution is 2.13. The minimum absolute atomic E-state index is 0.274. The van der Waals surface area contributed by atoms with Crippen LogP contribution in [0.15, 0.2) is 17.3 Å². The van der Waals surface area contributed by atoms with Crippen LogP contribution < -0.4 is 0 Å². The molecular formula is C14H27N5O2S. The molecule has 0 spiro atoms. The first-order valence-electron chi connectivity index (χ1n) is 7.83. The van der Waals surface area contributed by atoms with Crippen LogP contribution >= 0.6 is 0 Å². The number of nitrogens with zero attached hydrogens (tertiary/aromatic N) is 5. The highest BCUT2D eigenvalue weighted by Gasteiger charge is 2.22. The molecule has 0 N–H and O–H groups in total. The lowest BCUT2D eigenvalue weighted by atomic mass is 10.3. The minimum atomic E-state index is -3.42. The number of likely N-dealkylation sites (N-methyl/N-ethyl adjacent to an activating group) is 1. The van der Waals surface area contributed by atoms with Crippen molar-refractivity contribution in [2.24, 2.45) is 0 Å². The van der Waals surface area contributed by atoms with Gasteiger partial charge in [0.25, 0.3) is 0 Å². The van der Waals surface area contributed by atoms with Gasteiger partial charge in [-0.05, 0) is 26.9 Å². The molecule has 0 bridgehead atoms. The zero-order chi connectivity index (χ0) is 16.2. The van der Waals surface area contributed by atoms with E-state index in [0.717, 1.165) is 39.1 Å². The highest BCUT2D eigenvalue weighted by atomic mass is 32.2. The Hall–Kier alpha value is -0.960. The van der Waals surface area contributed by atoms with Crippen molar-refractivity contribution >= 4 is 10.0 Å². The van der Waals surface area contributed by atoms with Crippen molar-refractivity contribution in [3.05, 3.63) is 12.4 Å². The number of aryl methyl sites for hydroxylation is 1. The van der Waals surface area contributed by atoms with Crippen molar-refractivity contribution in [2.45, 2.75) is 24.8 Å². The third-order valence-corrected chi connectivity index (χ3v) is 5.99. The van der Waals surface area contributed by atoms with Crippen molar-refractivity contribution in [3.63, 3.8) is 0 Å². The molecule has 0 unspecified atom stereocenters. The molecule has 0 atom stereocenters. The summed E-state index contributed by atoms with van der Waals surface area (Å²) >= 11 is 0. The summed E-state index contributed by atoms with van der Waals surface area (Å²) in [4.78, 5) is 4.99. The smallest absolute Gasteiger partial charge is 0.245 e. The molecule has 1 saturated heterocycles. The molecule has 0 saturated carbocycles. The number of hydrogen-bond acceptors (Lipinski definition) is 5. The second-order valence-corrected chi connectivity index (χ2v) is 7.90. The summed E-state index contributed by atoms with van der Waals surface area (Å²) in [6, 6.07) is 0. The van der Waals surface area contributed by atoms with E-state index in [0.29, 0.717) is 13.1 Å². The normalized spacial score (nSPS) is 18.2. The quantitative estimate of drug-likeness (QED) is 0.713. The van der Waals surface area contributed by atoms with Crippen LogP contribution in [0.25, 0.3) is 0 Å². The summed E-state index contributed by atoms with van der Waals surface area (Å²) in [6.07, 6.45) is 3.86. The Kier molecular flexibility index (Phi) is 5.96. The van der Waals surface area contributed by atoms with Gasteiger partial charge in [0.2, 0.25) is 10.0 Å². The molecule has 1 aromatic rings. The summed E-state index contributed by atoms with van der Waals surface area (Å²) in [5.74, 6) is 0. The van der Waals surface area contributed by atoms with E-state index in [-0.39, 0.29) is 4.90 Å².